The molecule has 3 aromatic carbocycles. The Labute approximate surface area is 308 Å². The van der Waals surface area contributed by atoms with Gasteiger partial charge in [0.1, 0.15) is 61.4 Å². The van der Waals surface area contributed by atoms with E-state index in [1.165, 1.54) is 23.0 Å². The van der Waals surface area contributed by atoms with Gasteiger partial charge in [0.15, 0.2) is 0 Å². The number of alkyl halides is 4. The first-order chi connectivity index (χ1) is 25.5. The first-order valence-electron chi connectivity index (χ1n) is 15.8. The first kappa shape index (κ1) is 40.0. The Hall–Kier alpha value is -5.22. The van der Waals surface area contributed by atoms with Crippen molar-refractivity contribution < 1.29 is 60.4 Å². The second kappa shape index (κ2) is 16.8. The molecular formula is C33H32F4N6O9S2. The second-order valence-electron chi connectivity index (χ2n) is 11.9. The van der Waals surface area contributed by atoms with Crippen LogP contribution >= 0.6 is 11.3 Å². The highest BCUT2D eigenvalue weighted by atomic mass is 32.2. The van der Waals surface area contributed by atoms with E-state index in [1.54, 1.807) is 30.3 Å². The molecule has 0 aliphatic heterocycles. The maximum atomic E-state index is 13.8. The van der Waals surface area contributed by atoms with Crippen molar-refractivity contribution in [3.05, 3.63) is 95.3 Å². The van der Waals surface area contributed by atoms with Gasteiger partial charge in [-0.05, 0) is 53.6 Å². The number of sulfonamides is 1. The van der Waals surface area contributed by atoms with Crippen LogP contribution in [0.5, 0.6) is 11.5 Å². The molecule has 15 nitrogen and oxygen atoms in total. The van der Waals surface area contributed by atoms with Gasteiger partial charge in [-0.15, -0.1) is 16.4 Å². The monoisotopic (exact) mass is 796 g/mol. The van der Waals surface area contributed by atoms with Gasteiger partial charge >= 0.3 is 12.1 Å². The van der Waals surface area contributed by atoms with E-state index in [1.807, 2.05) is 0 Å². The molecule has 1 amide bonds. The Balaban J connectivity index is 1.33. The summed E-state index contributed by atoms with van der Waals surface area (Å²) >= 11 is 0.857. The van der Waals surface area contributed by atoms with Crippen molar-refractivity contribution in [2.45, 2.75) is 54.3 Å². The summed E-state index contributed by atoms with van der Waals surface area (Å²) in [4.78, 5) is 29.9. The molecular weight excluding hydrogens is 765 g/mol. The third-order valence-corrected chi connectivity index (χ3v) is 10.2. The summed E-state index contributed by atoms with van der Waals surface area (Å²) in [6.45, 7) is -1.71. The zero-order valence-corrected chi connectivity index (χ0v) is 29.4. The fourth-order valence-corrected chi connectivity index (χ4v) is 6.65. The summed E-state index contributed by atoms with van der Waals surface area (Å²) in [5, 5.41) is 44.8. The lowest BCUT2D eigenvalue weighted by atomic mass is 10.0. The number of primary sulfonamides is 1. The molecule has 21 heteroatoms. The molecule has 5 rings (SSSR count). The zero-order valence-electron chi connectivity index (χ0n) is 27.8. The maximum absolute atomic E-state index is 13.8. The van der Waals surface area contributed by atoms with Crippen molar-refractivity contribution in [1.29, 1.82) is 0 Å². The van der Waals surface area contributed by atoms with Gasteiger partial charge in [-0.2, -0.15) is 13.2 Å². The maximum Gasteiger partial charge on any atom is 0.416 e. The van der Waals surface area contributed by atoms with Crippen molar-refractivity contribution in [1.82, 2.24) is 25.3 Å². The van der Waals surface area contributed by atoms with E-state index in [9.17, 15) is 50.9 Å². The molecule has 2 heterocycles. The predicted molar refractivity (Wildman–Crippen MR) is 183 cm³/mol. The van der Waals surface area contributed by atoms with E-state index in [0.29, 0.717) is 21.5 Å². The highest BCUT2D eigenvalue weighted by Gasteiger charge is 2.31. The zero-order chi connectivity index (χ0) is 39.2. The lowest BCUT2D eigenvalue weighted by molar-refractivity contribution is -0.142. The minimum absolute atomic E-state index is 0.0694. The molecule has 0 saturated heterocycles. The van der Waals surface area contributed by atoms with Crippen LogP contribution in [0.2, 0.25) is 0 Å². The van der Waals surface area contributed by atoms with Gasteiger partial charge in [-0.1, -0.05) is 29.5 Å². The molecule has 2 unspecified atom stereocenters. The minimum atomic E-state index is -4.59. The number of hydrogen-bond acceptors (Lipinski definition) is 12. The topological polar surface area (TPSA) is 229 Å². The number of carbonyl (C=O) groups is 2. The van der Waals surface area contributed by atoms with Gasteiger partial charge < -0.3 is 30.1 Å². The van der Waals surface area contributed by atoms with Crippen LogP contribution in [0.15, 0.2) is 77.3 Å². The number of ether oxygens (including phenoxy) is 2. The number of amides is 1. The summed E-state index contributed by atoms with van der Waals surface area (Å²) < 4.78 is 87.7. The number of thiazole rings is 1. The highest BCUT2D eigenvalue weighted by Crippen LogP contribution is 2.30. The summed E-state index contributed by atoms with van der Waals surface area (Å²) in [6, 6.07) is 11.9. The molecule has 0 bridgehead atoms. The molecule has 4 atom stereocenters. The molecule has 0 aliphatic carbocycles. The molecule has 0 fully saturated rings. The average Bonchev–Trinajstić information content (AvgIpc) is 3.79. The van der Waals surface area contributed by atoms with Crippen molar-refractivity contribution >= 4 is 43.5 Å². The van der Waals surface area contributed by atoms with Crippen LogP contribution in [0.25, 0.3) is 10.2 Å². The number of carbonyl (C=O) groups excluding carboxylic acids is 1. The Morgan fingerprint density at radius 2 is 1.59 bits per heavy atom. The van der Waals surface area contributed by atoms with E-state index in [0.717, 1.165) is 35.6 Å². The summed E-state index contributed by atoms with van der Waals surface area (Å²) in [5.74, 6) is -1.66. The number of carboxylic acids is 1. The number of rotatable bonds is 17. The number of fused-ring (bicyclic) bond motifs is 1. The number of hydrogen-bond donors (Lipinski definition) is 5. The third-order valence-electron chi connectivity index (χ3n) is 7.86. The lowest BCUT2D eigenvalue weighted by Crippen LogP contribution is -2.46. The van der Waals surface area contributed by atoms with E-state index < -0.39 is 71.2 Å². The molecule has 54 heavy (non-hydrogen) atoms. The van der Waals surface area contributed by atoms with Crippen LogP contribution in [-0.4, -0.2) is 87.1 Å². The van der Waals surface area contributed by atoms with Crippen LogP contribution < -0.4 is 19.9 Å². The molecule has 288 valence electrons. The normalized spacial score (nSPS) is 14.3. The fourth-order valence-electron chi connectivity index (χ4n) is 4.96. The van der Waals surface area contributed by atoms with Crippen LogP contribution in [0.1, 0.15) is 28.4 Å². The van der Waals surface area contributed by atoms with E-state index in [4.69, 9.17) is 14.6 Å². The van der Waals surface area contributed by atoms with Crippen LogP contribution in [0.4, 0.5) is 17.6 Å². The van der Waals surface area contributed by atoms with Gasteiger partial charge in [0, 0.05) is 12.8 Å². The Kier molecular flexibility index (Phi) is 12.5. The number of nitrogens with zero attached hydrogens (tertiary/aromatic N) is 4. The molecule has 0 radical (unpaired) electrons. The van der Waals surface area contributed by atoms with E-state index >= 15 is 0 Å². The Morgan fingerprint density at radius 3 is 2.22 bits per heavy atom. The number of nitrogens with one attached hydrogen (secondary N) is 1. The van der Waals surface area contributed by atoms with E-state index in [2.05, 4.69) is 20.6 Å². The van der Waals surface area contributed by atoms with Crippen molar-refractivity contribution in [2.75, 3.05) is 13.3 Å². The van der Waals surface area contributed by atoms with Crippen LogP contribution in [0.3, 0.4) is 0 Å². The number of nitrogens with two attached hydrogens (primary N) is 1. The number of aliphatic hydroxyl groups is 2. The van der Waals surface area contributed by atoms with Gasteiger partial charge in [0.05, 0.1) is 22.0 Å². The Bertz CT molecular complexity index is 2180. The predicted octanol–water partition coefficient (Wildman–Crippen LogP) is 2.80. The van der Waals surface area contributed by atoms with Crippen LogP contribution in [-0.2, 0) is 45.2 Å². The highest BCUT2D eigenvalue weighted by molar-refractivity contribution is 7.91. The van der Waals surface area contributed by atoms with Gasteiger partial charge in [-0.3, -0.25) is 4.79 Å². The molecule has 0 spiro atoms. The minimum Gasteiger partial charge on any atom is -0.491 e. The smallest absolute Gasteiger partial charge is 0.416 e. The lowest BCUT2D eigenvalue weighted by Gasteiger charge is -2.21. The largest absolute Gasteiger partial charge is 0.491 e. The summed E-state index contributed by atoms with van der Waals surface area (Å²) in [7, 11) is -4.01. The van der Waals surface area contributed by atoms with Gasteiger partial charge in [0.2, 0.25) is 10.2 Å². The van der Waals surface area contributed by atoms with Gasteiger partial charge in [-0.25, -0.2) is 32.4 Å². The fraction of sp³-hybridized carbons (Fsp3) is 0.303. The van der Waals surface area contributed by atoms with Crippen molar-refractivity contribution in [3.63, 3.8) is 0 Å². The van der Waals surface area contributed by atoms with Crippen molar-refractivity contribution in [2.24, 2.45) is 5.14 Å². The second-order valence-corrected chi connectivity index (χ2v) is 14.7. The SMILES string of the molecule is NS(=O)(=O)c1nc2ccc(OCc3cn(C(Cc4ccc(OC[C@H](O)[C@@H](O)CF)cc4)C(=O)NC(Cc4ccc(C(F)(F)F)cc4)C(=O)O)nn3)cc2s1. The first-order valence-corrected chi connectivity index (χ1v) is 18.2. The molecule has 0 aliphatic rings. The molecule has 0 saturated carbocycles. The number of aliphatic carboxylic acids is 1. The average molecular weight is 797 g/mol. The summed E-state index contributed by atoms with van der Waals surface area (Å²) in [5.41, 5.74) is 0.483. The quantitative estimate of drug-likeness (QED) is 0.0856. The number of aromatic nitrogens is 4. The number of aliphatic hydroxyl groups excluding tert-OH is 2. The standard InChI is InChI=1S/C33H32F4N6O9S2/c34-14-27(44)28(45)17-52-22-7-3-19(4-8-22)12-26(30(46)39-25(31(47)48)11-18-1-5-20(6-2-18)33(35,36)37)43-15-21(41-42-43)16-51-23-9-10-24-29(13-23)53-32(40-24)54(38,49)50/h1-10,13,15,25-28,44-45H,11-12,14,16-17H2,(H,39,46)(H,47,48)(H2,38,49,50)/t25?,26?,27-,28-/m0/s1. The van der Waals surface area contributed by atoms with E-state index in [-0.39, 0.29) is 40.8 Å². The number of benzene rings is 3. The summed E-state index contributed by atoms with van der Waals surface area (Å²) in [6.07, 6.45) is -6.69. The molecule has 2 aromatic heterocycles. The number of carboxylic acid groups (broad SMARTS) is 1. The third kappa shape index (κ3) is 10.5. The Morgan fingerprint density at radius 1 is 0.944 bits per heavy atom. The number of halogens is 4. The van der Waals surface area contributed by atoms with Crippen molar-refractivity contribution in [3.8, 4) is 11.5 Å². The van der Waals surface area contributed by atoms with Crippen LogP contribution in [0, 0.1) is 0 Å². The van der Waals surface area contributed by atoms with Gasteiger partial charge in [0.25, 0.3) is 10.0 Å². The molecule has 5 aromatic rings. The molecule has 6 N–H and O–H groups in total.